The first kappa shape index (κ1) is 22.2. The number of hydrogen-bond donors (Lipinski definition) is 2. The molecule has 154 valence electrons. The lowest BCUT2D eigenvalue weighted by atomic mass is 9.88. The Morgan fingerprint density at radius 3 is 2.78 bits per heavy atom. The number of aliphatic hydroxyl groups is 2. The molecule has 27 heavy (non-hydrogen) atoms. The van der Waals surface area contributed by atoms with Crippen LogP contribution in [0.5, 0.6) is 0 Å². The summed E-state index contributed by atoms with van der Waals surface area (Å²) in [6.07, 6.45) is 15.5. The molecule has 0 unspecified atom stereocenters. The third-order valence-corrected chi connectivity index (χ3v) is 6.25. The van der Waals surface area contributed by atoms with E-state index in [0.717, 1.165) is 51.4 Å². The number of rotatable bonds is 11. The van der Waals surface area contributed by atoms with Crippen molar-refractivity contribution in [1.29, 1.82) is 0 Å². The van der Waals surface area contributed by atoms with Crippen molar-refractivity contribution in [2.24, 2.45) is 17.8 Å². The van der Waals surface area contributed by atoms with Crippen LogP contribution in [0.2, 0.25) is 0 Å². The number of carbonyl (C=O) groups excluding carboxylic acids is 1. The van der Waals surface area contributed by atoms with Gasteiger partial charge in [-0.15, -0.1) is 0 Å². The lowest BCUT2D eigenvalue weighted by Crippen LogP contribution is -2.21. The van der Waals surface area contributed by atoms with Gasteiger partial charge < -0.3 is 15.1 Å². The molecule has 1 amide bonds. The van der Waals surface area contributed by atoms with Gasteiger partial charge in [-0.3, -0.25) is 4.79 Å². The number of fused-ring (bicyclic) bond motifs is 1. The number of hydrogen-bond acceptors (Lipinski definition) is 3. The fraction of sp³-hybridized carbons (Fsp3) is 0.783. The van der Waals surface area contributed by atoms with Crippen molar-refractivity contribution < 1.29 is 15.0 Å². The average Bonchev–Trinajstić information content (AvgIpc) is 3.13. The summed E-state index contributed by atoms with van der Waals surface area (Å²) in [5.41, 5.74) is 1.50. The van der Waals surface area contributed by atoms with Crippen LogP contribution in [0.15, 0.2) is 23.8 Å². The summed E-state index contributed by atoms with van der Waals surface area (Å²) in [4.78, 5) is 13.3. The van der Waals surface area contributed by atoms with Crippen LogP contribution < -0.4 is 0 Å². The van der Waals surface area contributed by atoms with Crippen LogP contribution in [-0.2, 0) is 4.79 Å². The van der Waals surface area contributed by atoms with Gasteiger partial charge in [0.1, 0.15) is 0 Å². The van der Waals surface area contributed by atoms with E-state index in [4.69, 9.17) is 0 Å². The Morgan fingerprint density at radius 1 is 1.30 bits per heavy atom. The van der Waals surface area contributed by atoms with E-state index in [2.05, 4.69) is 19.1 Å². The monoisotopic (exact) mass is 377 g/mol. The van der Waals surface area contributed by atoms with Gasteiger partial charge in [0.25, 0.3) is 0 Å². The van der Waals surface area contributed by atoms with Crippen LogP contribution in [0.3, 0.4) is 0 Å². The van der Waals surface area contributed by atoms with E-state index in [9.17, 15) is 15.0 Å². The minimum atomic E-state index is -0.383. The smallest absolute Gasteiger partial charge is 0.222 e. The van der Waals surface area contributed by atoms with Crippen molar-refractivity contribution in [3.05, 3.63) is 23.8 Å². The summed E-state index contributed by atoms with van der Waals surface area (Å²) in [5, 5.41) is 20.6. The molecule has 1 saturated carbocycles. The molecule has 2 N–H and O–H groups in total. The molecule has 0 saturated heterocycles. The quantitative estimate of drug-likeness (QED) is 0.421. The normalized spacial score (nSPS) is 28.4. The highest BCUT2D eigenvalue weighted by Crippen LogP contribution is 2.48. The maximum absolute atomic E-state index is 11.6. The zero-order valence-corrected chi connectivity index (χ0v) is 17.4. The molecular formula is C23H39NO3. The summed E-state index contributed by atoms with van der Waals surface area (Å²) in [5.74, 6) is 1.33. The second-order valence-electron chi connectivity index (χ2n) is 8.68. The predicted molar refractivity (Wildman–Crippen MR) is 110 cm³/mol. The van der Waals surface area contributed by atoms with Gasteiger partial charge in [0, 0.05) is 26.4 Å². The second-order valence-corrected chi connectivity index (χ2v) is 8.68. The van der Waals surface area contributed by atoms with Gasteiger partial charge >= 0.3 is 0 Å². The minimum absolute atomic E-state index is 0.167. The third-order valence-electron chi connectivity index (χ3n) is 6.25. The molecule has 2 aliphatic rings. The van der Waals surface area contributed by atoms with Crippen LogP contribution in [-0.4, -0.2) is 47.3 Å². The molecule has 0 aromatic carbocycles. The highest BCUT2D eigenvalue weighted by atomic mass is 16.3. The first-order chi connectivity index (χ1) is 12.9. The number of allylic oxidation sites excluding steroid dienone is 2. The molecule has 0 spiro atoms. The van der Waals surface area contributed by atoms with Crippen molar-refractivity contribution in [3.8, 4) is 0 Å². The molecule has 0 aromatic heterocycles. The Balaban J connectivity index is 1.76. The highest BCUT2D eigenvalue weighted by Gasteiger charge is 2.43. The Bertz CT molecular complexity index is 526. The topological polar surface area (TPSA) is 60.8 Å². The van der Waals surface area contributed by atoms with Crippen molar-refractivity contribution >= 4 is 5.91 Å². The standard InChI is InChI=1S/C23H39NO3/c1-4-5-6-10-19(25)12-13-20-21-15-17(14-18(21)16-22(20)26)9-7-8-11-23(27)24(2)3/h12-14,18-22,25-26H,4-11,15-16H2,1-3H3/t18-,19+,20+,21-,22-/m0/s1. The number of carbonyl (C=O) groups is 1. The van der Waals surface area contributed by atoms with Gasteiger partial charge in [0.15, 0.2) is 0 Å². The zero-order valence-electron chi connectivity index (χ0n) is 17.4. The van der Waals surface area contributed by atoms with Gasteiger partial charge in [-0.25, -0.2) is 0 Å². The molecule has 0 aliphatic heterocycles. The highest BCUT2D eigenvalue weighted by molar-refractivity contribution is 5.75. The van der Waals surface area contributed by atoms with Crippen LogP contribution >= 0.6 is 0 Å². The van der Waals surface area contributed by atoms with Crippen LogP contribution in [0.25, 0.3) is 0 Å². The van der Waals surface area contributed by atoms with Crippen LogP contribution in [0, 0.1) is 17.8 Å². The number of unbranched alkanes of at least 4 members (excludes halogenated alkanes) is 3. The largest absolute Gasteiger partial charge is 0.392 e. The first-order valence-electron chi connectivity index (χ1n) is 10.9. The molecule has 1 fully saturated rings. The zero-order chi connectivity index (χ0) is 19.8. The SMILES string of the molecule is CCCCC[C@@H](O)C=C[C@@H]1[C@H]2CC(CCCCC(=O)N(C)C)=C[C@H]2C[C@@H]1O. The van der Waals surface area contributed by atoms with Gasteiger partial charge in [-0.2, -0.15) is 0 Å². The molecule has 0 radical (unpaired) electrons. The van der Waals surface area contributed by atoms with E-state index < -0.39 is 0 Å². The summed E-state index contributed by atoms with van der Waals surface area (Å²) in [6, 6.07) is 0. The third kappa shape index (κ3) is 6.76. The van der Waals surface area contributed by atoms with E-state index in [-0.39, 0.29) is 24.0 Å². The lowest BCUT2D eigenvalue weighted by Gasteiger charge is -2.19. The van der Waals surface area contributed by atoms with Crippen molar-refractivity contribution in [2.75, 3.05) is 14.1 Å². The summed E-state index contributed by atoms with van der Waals surface area (Å²) < 4.78 is 0. The summed E-state index contributed by atoms with van der Waals surface area (Å²) in [6.45, 7) is 2.17. The lowest BCUT2D eigenvalue weighted by molar-refractivity contribution is -0.128. The van der Waals surface area contributed by atoms with Crippen molar-refractivity contribution in [1.82, 2.24) is 4.90 Å². The van der Waals surface area contributed by atoms with Gasteiger partial charge in [-0.1, -0.05) is 50.0 Å². The molecule has 4 nitrogen and oxygen atoms in total. The van der Waals surface area contributed by atoms with E-state index in [1.165, 1.54) is 12.0 Å². The molecule has 0 aromatic rings. The maximum atomic E-state index is 11.6. The Morgan fingerprint density at radius 2 is 2.07 bits per heavy atom. The molecule has 2 rings (SSSR count). The summed E-state index contributed by atoms with van der Waals surface area (Å²) in [7, 11) is 3.62. The molecule has 4 heteroatoms. The van der Waals surface area contributed by atoms with E-state index in [1.807, 2.05) is 20.2 Å². The number of amides is 1. The maximum Gasteiger partial charge on any atom is 0.222 e. The second kappa shape index (κ2) is 11.0. The van der Waals surface area contributed by atoms with E-state index >= 15 is 0 Å². The molecule has 0 heterocycles. The summed E-state index contributed by atoms with van der Waals surface area (Å²) >= 11 is 0. The van der Waals surface area contributed by atoms with Crippen LogP contribution in [0.1, 0.15) is 71.1 Å². The van der Waals surface area contributed by atoms with Gasteiger partial charge in [0.2, 0.25) is 5.91 Å². The molecule has 5 atom stereocenters. The average molecular weight is 378 g/mol. The van der Waals surface area contributed by atoms with E-state index in [1.54, 1.807) is 4.90 Å². The fourth-order valence-corrected chi connectivity index (χ4v) is 4.60. The van der Waals surface area contributed by atoms with Crippen molar-refractivity contribution in [2.45, 2.75) is 83.3 Å². The Labute approximate surface area is 165 Å². The number of aliphatic hydroxyl groups excluding tert-OH is 2. The Kier molecular flexibility index (Phi) is 9.04. The molecule has 0 bridgehead atoms. The first-order valence-corrected chi connectivity index (χ1v) is 10.9. The van der Waals surface area contributed by atoms with Gasteiger partial charge in [0.05, 0.1) is 12.2 Å². The molecular weight excluding hydrogens is 338 g/mol. The van der Waals surface area contributed by atoms with Crippen molar-refractivity contribution in [3.63, 3.8) is 0 Å². The minimum Gasteiger partial charge on any atom is -0.392 e. The van der Waals surface area contributed by atoms with E-state index in [0.29, 0.717) is 18.3 Å². The Hall–Kier alpha value is -1.13. The fourth-order valence-electron chi connectivity index (χ4n) is 4.60. The molecule has 2 aliphatic carbocycles. The van der Waals surface area contributed by atoms with Crippen LogP contribution in [0.4, 0.5) is 0 Å². The number of nitrogens with zero attached hydrogens (tertiary/aromatic N) is 1. The predicted octanol–water partition coefficient (Wildman–Crippen LogP) is 4.08. The van der Waals surface area contributed by atoms with Gasteiger partial charge in [-0.05, 0) is 50.4 Å².